The molecule has 0 amide bonds. The first kappa shape index (κ1) is 16.7. The van der Waals surface area contributed by atoms with E-state index < -0.39 is 16.0 Å². The van der Waals surface area contributed by atoms with Crippen molar-refractivity contribution in [2.24, 2.45) is 0 Å². The molecular weight excluding hydrogens is 401 g/mol. The van der Waals surface area contributed by atoms with Gasteiger partial charge in [0.25, 0.3) is 0 Å². The van der Waals surface area contributed by atoms with Crippen molar-refractivity contribution in [2.75, 3.05) is 12.0 Å². The van der Waals surface area contributed by atoms with Gasteiger partial charge in [-0.05, 0) is 54.0 Å². The molecule has 0 aliphatic heterocycles. The van der Waals surface area contributed by atoms with Crippen LogP contribution in [0.2, 0.25) is 0 Å². The van der Waals surface area contributed by atoms with Gasteiger partial charge in [0.1, 0.15) is 0 Å². The normalized spacial score (nSPS) is 13.2. The predicted octanol–water partition coefficient (Wildman–Crippen LogP) is 2.02. The van der Waals surface area contributed by atoms with Crippen LogP contribution in [0.1, 0.15) is 17.3 Å². The lowest BCUT2D eigenvalue weighted by Crippen LogP contribution is -2.34. The molecule has 5 nitrogen and oxygen atoms in total. The van der Waals surface area contributed by atoms with Gasteiger partial charge in [0.2, 0.25) is 10.0 Å². The number of rotatable bonds is 6. The monoisotopic (exact) mass is 415 g/mol. The first-order valence-electron chi connectivity index (χ1n) is 5.32. The van der Waals surface area contributed by atoms with Crippen molar-refractivity contribution in [3.8, 4) is 0 Å². The van der Waals surface area contributed by atoms with Crippen molar-refractivity contribution in [1.82, 2.24) is 4.72 Å². The van der Waals surface area contributed by atoms with Gasteiger partial charge in [-0.1, -0.05) is 0 Å². The minimum atomic E-state index is -3.68. The fourth-order valence-electron chi connectivity index (χ4n) is 1.45. The number of sulfonamides is 1. The summed E-state index contributed by atoms with van der Waals surface area (Å²) < 4.78 is 27.2. The molecule has 0 heterocycles. The lowest BCUT2D eigenvalue weighted by atomic mass is 10.2. The van der Waals surface area contributed by atoms with Crippen molar-refractivity contribution in [2.45, 2.75) is 17.9 Å². The zero-order valence-corrected chi connectivity index (χ0v) is 14.2. The van der Waals surface area contributed by atoms with Crippen LogP contribution >= 0.6 is 34.4 Å². The topological polar surface area (TPSA) is 83.5 Å². The Hall–Kier alpha value is -0.320. The summed E-state index contributed by atoms with van der Waals surface area (Å²) in [5.41, 5.74) is -0.0130. The second-order valence-electron chi connectivity index (χ2n) is 3.92. The Morgan fingerprint density at radius 2 is 2.16 bits per heavy atom. The number of halogens is 1. The Bertz CT molecular complexity index is 574. The Morgan fingerprint density at radius 3 is 2.68 bits per heavy atom. The van der Waals surface area contributed by atoms with Gasteiger partial charge in [0.15, 0.2) is 0 Å². The zero-order valence-electron chi connectivity index (χ0n) is 10.4. The number of carboxylic acid groups (broad SMARTS) is 1. The molecule has 1 atom stereocenters. The number of benzene rings is 1. The maximum Gasteiger partial charge on any atom is 0.336 e. The Morgan fingerprint density at radius 1 is 1.53 bits per heavy atom. The summed E-state index contributed by atoms with van der Waals surface area (Å²) in [5, 5.41) is 9.00. The summed E-state index contributed by atoms with van der Waals surface area (Å²) in [4.78, 5) is 11.0. The SMILES string of the molecule is CSCC(C)NS(=O)(=O)c1ccc(I)c(C(=O)O)c1. The molecule has 1 rings (SSSR count). The second-order valence-corrected chi connectivity index (χ2v) is 7.71. The zero-order chi connectivity index (χ0) is 14.6. The highest BCUT2D eigenvalue weighted by Gasteiger charge is 2.20. The minimum absolute atomic E-state index is 0.0130. The number of hydrogen-bond donors (Lipinski definition) is 2. The Kier molecular flexibility index (Phi) is 6.09. The molecule has 2 N–H and O–H groups in total. The van der Waals surface area contributed by atoms with Gasteiger partial charge in [-0.3, -0.25) is 0 Å². The van der Waals surface area contributed by atoms with Crippen LogP contribution in [0.25, 0.3) is 0 Å². The average molecular weight is 415 g/mol. The van der Waals surface area contributed by atoms with E-state index in [0.29, 0.717) is 9.32 Å². The van der Waals surface area contributed by atoms with Crippen molar-refractivity contribution in [3.63, 3.8) is 0 Å². The molecule has 0 bridgehead atoms. The van der Waals surface area contributed by atoms with Crippen molar-refractivity contribution in [3.05, 3.63) is 27.3 Å². The third-order valence-corrected chi connectivity index (χ3v) is 5.61. The first-order valence-corrected chi connectivity index (χ1v) is 9.27. The maximum atomic E-state index is 12.1. The molecule has 1 aromatic carbocycles. The van der Waals surface area contributed by atoms with Crippen LogP contribution < -0.4 is 4.72 Å². The molecular formula is C11H14INO4S2. The van der Waals surface area contributed by atoms with E-state index >= 15 is 0 Å². The second kappa shape index (κ2) is 6.91. The molecule has 106 valence electrons. The van der Waals surface area contributed by atoms with Crippen molar-refractivity contribution >= 4 is 50.3 Å². The van der Waals surface area contributed by atoms with Gasteiger partial charge >= 0.3 is 5.97 Å². The van der Waals surface area contributed by atoms with E-state index in [4.69, 9.17) is 5.11 Å². The molecule has 19 heavy (non-hydrogen) atoms. The lowest BCUT2D eigenvalue weighted by molar-refractivity contribution is 0.0695. The maximum absolute atomic E-state index is 12.1. The highest BCUT2D eigenvalue weighted by Crippen LogP contribution is 2.18. The summed E-state index contributed by atoms with van der Waals surface area (Å²) in [5.74, 6) is -0.492. The van der Waals surface area contributed by atoms with E-state index in [1.165, 1.54) is 30.0 Å². The van der Waals surface area contributed by atoms with Crippen LogP contribution in [-0.2, 0) is 10.0 Å². The standard InChI is InChI=1S/C11H14INO4S2/c1-7(6-18-2)13-19(16,17)8-3-4-10(12)9(5-8)11(14)15/h3-5,7,13H,6H2,1-2H3,(H,14,15). The fraction of sp³-hybridized carbons (Fsp3) is 0.364. The molecule has 1 unspecified atom stereocenters. The fourth-order valence-corrected chi connectivity index (χ4v) is 3.98. The quantitative estimate of drug-likeness (QED) is 0.695. The summed E-state index contributed by atoms with van der Waals surface area (Å²) >= 11 is 3.39. The first-order chi connectivity index (χ1) is 8.77. The van der Waals surface area contributed by atoms with Crippen LogP contribution in [0.15, 0.2) is 23.1 Å². The van der Waals surface area contributed by atoms with Gasteiger partial charge in [-0.2, -0.15) is 11.8 Å². The van der Waals surface area contributed by atoms with Gasteiger partial charge in [-0.25, -0.2) is 17.9 Å². The largest absolute Gasteiger partial charge is 0.478 e. The summed E-state index contributed by atoms with van der Waals surface area (Å²) in [7, 11) is -3.68. The Labute approximate surface area is 130 Å². The molecule has 1 aromatic rings. The van der Waals surface area contributed by atoms with E-state index in [0.717, 1.165) is 0 Å². The number of nitrogens with one attached hydrogen (secondary N) is 1. The molecule has 8 heteroatoms. The van der Waals surface area contributed by atoms with E-state index in [-0.39, 0.29) is 16.5 Å². The molecule has 0 saturated carbocycles. The number of aromatic carboxylic acids is 1. The molecule has 0 saturated heterocycles. The molecule has 0 aliphatic carbocycles. The number of carbonyl (C=O) groups is 1. The average Bonchev–Trinajstić information content (AvgIpc) is 2.28. The van der Waals surface area contributed by atoms with E-state index in [9.17, 15) is 13.2 Å². The lowest BCUT2D eigenvalue weighted by Gasteiger charge is -2.13. The Balaban J connectivity index is 3.08. The van der Waals surface area contributed by atoms with Gasteiger partial charge < -0.3 is 5.11 Å². The van der Waals surface area contributed by atoms with Gasteiger partial charge in [-0.15, -0.1) is 0 Å². The van der Waals surface area contributed by atoms with Crippen LogP contribution in [-0.4, -0.2) is 37.5 Å². The summed E-state index contributed by atoms with van der Waals surface area (Å²) in [6.07, 6.45) is 1.89. The van der Waals surface area contributed by atoms with Gasteiger partial charge in [0, 0.05) is 15.4 Å². The third kappa shape index (κ3) is 4.62. The molecule has 0 aliphatic rings. The van der Waals surface area contributed by atoms with Gasteiger partial charge in [0.05, 0.1) is 10.5 Å². The summed E-state index contributed by atoms with van der Waals surface area (Å²) in [6, 6.07) is 3.85. The molecule has 0 fully saturated rings. The minimum Gasteiger partial charge on any atom is -0.478 e. The van der Waals surface area contributed by atoms with E-state index in [1.54, 1.807) is 6.92 Å². The molecule has 0 aromatic heterocycles. The van der Waals surface area contributed by atoms with Crippen LogP contribution in [0.3, 0.4) is 0 Å². The third-order valence-electron chi connectivity index (χ3n) is 2.25. The van der Waals surface area contributed by atoms with Crippen LogP contribution in [0.4, 0.5) is 0 Å². The smallest absolute Gasteiger partial charge is 0.336 e. The number of hydrogen-bond acceptors (Lipinski definition) is 4. The molecule has 0 spiro atoms. The number of carboxylic acids is 1. The highest BCUT2D eigenvalue weighted by atomic mass is 127. The van der Waals surface area contributed by atoms with Crippen LogP contribution in [0.5, 0.6) is 0 Å². The highest BCUT2D eigenvalue weighted by molar-refractivity contribution is 14.1. The van der Waals surface area contributed by atoms with E-state index in [2.05, 4.69) is 4.72 Å². The van der Waals surface area contributed by atoms with E-state index in [1.807, 2.05) is 28.8 Å². The predicted molar refractivity (Wildman–Crippen MR) is 84.3 cm³/mol. The number of thioether (sulfide) groups is 1. The van der Waals surface area contributed by atoms with Crippen molar-refractivity contribution < 1.29 is 18.3 Å². The van der Waals surface area contributed by atoms with Crippen molar-refractivity contribution in [1.29, 1.82) is 0 Å². The molecule has 0 radical (unpaired) electrons. The van der Waals surface area contributed by atoms with Crippen LogP contribution in [0, 0.1) is 3.57 Å². The summed E-state index contributed by atoms with van der Waals surface area (Å²) in [6.45, 7) is 1.76.